The van der Waals surface area contributed by atoms with Crippen molar-refractivity contribution >= 4 is 62.4 Å². The Kier molecular flexibility index (Phi) is 8.28. The van der Waals surface area contributed by atoms with E-state index in [4.69, 9.17) is 0 Å². The first-order valence-corrected chi connectivity index (χ1v) is 14.8. The number of rotatable bonds is 7. The second-order valence-corrected chi connectivity index (χ2v) is 11.9. The number of carbonyl (C=O) groups is 3. The molecule has 1 aliphatic heterocycles. The van der Waals surface area contributed by atoms with Crippen LogP contribution >= 0.6 is 23.1 Å². The van der Waals surface area contributed by atoms with Gasteiger partial charge in [0, 0.05) is 24.5 Å². The number of hydrogen-bond acceptors (Lipinski definition) is 6. The van der Waals surface area contributed by atoms with Gasteiger partial charge in [0.05, 0.1) is 27.1 Å². The van der Waals surface area contributed by atoms with Gasteiger partial charge in [-0.15, -0.1) is 11.3 Å². The lowest BCUT2D eigenvalue weighted by atomic mass is 10.0. The van der Waals surface area contributed by atoms with Crippen LogP contribution in [0.2, 0.25) is 0 Å². The molecular weight excluding hydrogens is 528 g/mol. The van der Waals surface area contributed by atoms with Crippen LogP contribution in [0.25, 0.3) is 10.2 Å². The molecule has 0 aliphatic carbocycles. The molecule has 1 fully saturated rings. The van der Waals surface area contributed by atoms with Crippen molar-refractivity contribution in [3.8, 4) is 0 Å². The first kappa shape index (κ1) is 26.9. The normalized spacial score (nSPS) is 13.3. The number of aryl methyl sites for hydroxylation is 2. The Labute approximate surface area is 236 Å². The standard InChI is InChI=1S/C30H30N4O3S2/c1-19-10-12-24(20(2)16-19)32-27(35)18-38-30-33-25-13-11-21(17-26(25)39-30)31-28(36)22-8-4-5-9-23(22)29(37)34-14-6-3-7-15-34/h4-5,8-13,16-17H,3,6-7,14-15,18H2,1-2H3,(H,31,36)(H,32,35). The maximum Gasteiger partial charge on any atom is 0.256 e. The lowest BCUT2D eigenvalue weighted by Gasteiger charge is -2.27. The highest BCUT2D eigenvalue weighted by Crippen LogP contribution is 2.32. The zero-order valence-corrected chi connectivity index (χ0v) is 23.6. The van der Waals surface area contributed by atoms with Crippen molar-refractivity contribution in [3.05, 3.63) is 82.9 Å². The van der Waals surface area contributed by atoms with E-state index in [2.05, 4.69) is 15.6 Å². The second-order valence-electron chi connectivity index (χ2n) is 9.67. The van der Waals surface area contributed by atoms with Gasteiger partial charge in [-0.25, -0.2) is 4.98 Å². The first-order valence-electron chi connectivity index (χ1n) is 13.0. The molecule has 0 atom stereocenters. The average molecular weight is 559 g/mol. The van der Waals surface area contributed by atoms with E-state index in [9.17, 15) is 14.4 Å². The topological polar surface area (TPSA) is 91.4 Å². The van der Waals surface area contributed by atoms with Crippen LogP contribution in [0.4, 0.5) is 11.4 Å². The maximum absolute atomic E-state index is 13.2. The molecule has 0 unspecified atom stereocenters. The minimum absolute atomic E-state index is 0.0862. The predicted molar refractivity (Wildman–Crippen MR) is 159 cm³/mol. The van der Waals surface area contributed by atoms with E-state index in [1.165, 1.54) is 23.1 Å². The van der Waals surface area contributed by atoms with Gasteiger partial charge in [0.1, 0.15) is 0 Å². The summed E-state index contributed by atoms with van der Waals surface area (Å²) >= 11 is 2.86. The van der Waals surface area contributed by atoms with Crippen LogP contribution in [0, 0.1) is 13.8 Å². The Morgan fingerprint density at radius 2 is 1.69 bits per heavy atom. The summed E-state index contributed by atoms with van der Waals surface area (Å²) in [5, 5.41) is 5.91. The van der Waals surface area contributed by atoms with E-state index >= 15 is 0 Å². The van der Waals surface area contributed by atoms with Gasteiger partial charge in [0.25, 0.3) is 11.8 Å². The molecule has 200 valence electrons. The van der Waals surface area contributed by atoms with Gasteiger partial charge in [-0.2, -0.15) is 0 Å². The summed E-state index contributed by atoms with van der Waals surface area (Å²) in [6.07, 6.45) is 3.12. The number of hydrogen-bond donors (Lipinski definition) is 2. The molecular formula is C30H30N4O3S2. The number of thiazole rings is 1. The summed E-state index contributed by atoms with van der Waals surface area (Å²) in [4.78, 5) is 45.3. The number of carbonyl (C=O) groups excluding carboxylic acids is 3. The van der Waals surface area contributed by atoms with Gasteiger partial charge >= 0.3 is 0 Å². The van der Waals surface area contributed by atoms with Crippen LogP contribution in [0.1, 0.15) is 51.1 Å². The Morgan fingerprint density at radius 1 is 0.923 bits per heavy atom. The fourth-order valence-corrected chi connectivity index (χ4v) is 6.55. The van der Waals surface area contributed by atoms with Crippen molar-refractivity contribution in [1.29, 1.82) is 0 Å². The van der Waals surface area contributed by atoms with Crippen molar-refractivity contribution in [3.63, 3.8) is 0 Å². The van der Waals surface area contributed by atoms with Crippen LogP contribution in [0.3, 0.4) is 0 Å². The number of piperidine rings is 1. The van der Waals surface area contributed by atoms with E-state index in [0.717, 1.165) is 63.7 Å². The molecule has 5 rings (SSSR count). The molecule has 1 aromatic heterocycles. The van der Waals surface area contributed by atoms with Gasteiger partial charge < -0.3 is 15.5 Å². The van der Waals surface area contributed by atoms with Crippen molar-refractivity contribution in [2.24, 2.45) is 0 Å². The van der Waals surface area contributed by atoms with Crippen molar-refractivity contribution < 1.29 is 14.4 Å². The Hall–Kier alpha value is -3.69. The van der Waals surface area contributed by atoms with E-state index in [-0.39, 0.29) is 23.5 Å². The summed E-state index contributed by atoms with van der Waals surface area (Å²) < 4.78 is 1.68. The molecule has 1 aliphatic rings. The molecule has 39 heavy (non-hydrogen) atoms. The summed E-state index contributed by atoms with van der Waals surface area (Å²) in [7, 11) is 0. The van der Waals surface area contributed by atoms with Gasteiger partial charge in [0.2, 0.25) is 5.91 Å². The van der Waals surface area contributed by atoms with E-state index < -0.39 is 0 Å². The lowest BCUT2D eigenvalue weighted by Crippen LogP contribution is -2.36. The van der Waals surface area contributed by atoms with Crippen LogP contribution in [-0.4, -0.2) is 46.4 Å². The molecule has 0 spiro atoms. The zero-order chi connectivity index (χ0) is 27.4. The van der Waals surface area contributed by atoms with Crippen molar-refractivity contribution in [1.82, 2.24) is 9.88 Å². The number of benzene rings is 3. The number of thioether (sulfide) groups is 1. The molecule has 0 saturated carbocycles. The molecule has 2 heterocycles. The number of nitrogens with zero attached hydrogens (tertiary/aromatic N) is 2. The quantitative estimate of drug-likeness (QED) is 0.252. The number of nitrogens with one attached hydrogen (secondary N) is 2. The fourth-order valence-electron chi connectivity index (χ4n) is 4.64. The van der Waals surface area contributed by atoms with Crippen LogP contribution in [-0.2, 0) is 4.79 Å². The molecule has 0 radical (unpaired) electrons. The monoisotopic (exact) mass is 558 g/mol. The number of amides is 3. The van der Waals surface area contributed by atoms with Gasteiger partial charge in [-0.05, 0) is 75.1 Å². The highest BCUT2D eigenvalue weighted by Gasteiger charge is 2.23. The molecule has 2 N–H and O–H groups in total. The molecule has 1 saturated heterocycles. The minimum atomic E-state index is -0.322. The number of anilines is 2. The molecule has 3 aromatic carbocycles. The van der Waals surface area contributed by atoms with Gasteiger partial charge in [-0.3, -0.25) is 14.4 Å². The van der Waals surface area contributed by atoms with Gasteiger partial charge in [0.15, 0.2) is 4.34 Å². The average Bonchev–Trinajstić information content (AvgIpc) is 3.36. The highest BCUT2D eigenvalue weighted by atomic mass is 32.2. The third-order valence-corrected chi connectivity index (χ3v) is 8.82. The summed E-state index contributed by atoms with van der Waals surface area (Å²) in [6, 6.07) is 18.4. The fraction of sp³-hybridized carbons (Fsp3) is 0.267. The third-order valence-electron chi connectivity index (χ3n) is 6.65. The molecule has 3 amide bonds. The highest BCUT2D eigenvalue weighted by molar-refractivity contribution is 8.01. The molecule has 7 nitrogen and oxygen atoms in total. The van der Waals surface area contributed by atoms with Crippen LogP contribution < -0.4 is 10.6 Å². The molecule has 9 heteroatoms. The Morgan fingerprint density at radius 3 is 2.46 bits per heavy atom. The largest absolute Gasteiger partial charge is 0.339 e. The van der Waals surface area contributed by atoms with Crippen molar-refractivity contribution in [2.75, 3.05) is 29.5 Å². The maximum atomic E-state index is 13.2. The van der Waals surface area contributed by atoms with Crippen molar-refractivity contribution in [2.45, 2.75) is 37.4 Å². The number of fused-ring (bicyclic) bond motifs is 1. The Bertz CT molecular complexity index is 1540. The summed E-state index contributed by atoms with van der Waals surface area (Å²) in [6.45, 7) is 5.45. The molecule has 0 bridgehead atoms. The number of likely N-dealkylation sites (tertiary alicyclic amines) is 1. The van der Waals surface area contributed by atoms with Crippen LogP contribution in [0.15, 0.2) is 65.0 Å². The van der Waals surface area contributed by atoms with Crippen LogP contribution in [0.5, 0.6) is 0 Å². The first-order chi connectivity index (χ1) is 18.9. The summed E-state index contributed by atoms with van der Waals surface area (Å²) in [5.74, 6) is -0.255. The summed E-state index contributed by atoms with van der Waals surface area (Å²) in [5.41, 5.74) is 5.21. The predicted octanol–water partition coefficient (Wildman–Crippen LogP) is 6.52. The smallest absolute Gasteiger partial charge is 0.256 e. The van der Waals surface area contributed by atoms with E-state index in [1.807, 2.05) is 49.1 Å². The van der Waals surface area contributed by atoms with E-state index in [0.29, 0.717) is 16.8 Å². The number of aromatic nitrogens is 1. The minimum Gasteiger partial charge on any atom is -0.339 e. The second kappa shape index (κ2) is 12.0. The lowest BCUT2D eigenvalue weighted by molar-refractivity contribution is -0.113. The third kappa shape index (κ3) is 6.49. The Balaban J connectivity index is 1.24. The van der Waals surface area contributed by atoms with E-state index in [1.54, 1.807) is 30.3 Å². The van der Waals surface area contributed by atoms with Gasteiger partial charge in [-0.1, -0.05) is 41.6 Å². The zero-order valence-electron chi connectivity index (χ0n) is 22.0. The SMILES string of the molecule is Cc1ccc(NC(=O)CSc2nc3ccc(NC(=O)c4ccccc4C(=O)N4CCCCC4)cc3s2)c(C)c1. The molecule has 4 aromatic rings.